The Labute approximate surface area is 94.9 Å². The molecule has 0 radical (unpaired) electrons. The summed E-state index contributed by atoms with van der Waals surface area (Å²) in [5, 5.41) is 6.72. The Kier molecular flexibility index (Phi) is 3.97. The molecule has 0 aliphatic carbocycles. The standard InChI is InChI=1S/C11H18N2OS/c1-2-3-10-8-15-11(13-10)12-9-4-6-14-7-5-9/h8-9H,2-7H2,1H3,(H,12,13). The number of thiazole rings is 1. The molecule has 0 atom stereocenters. The van der Waals surface area contributed by atoms with Crippen LogP contribution >= 0.6 is 11.3 Å². The number of anilines is 1. The van der Waals surface area contributed by atoms with Crippen LogP contribution in [0.1, 0.15) is 31.9 Å². The third-order valence-electron chi connectivity index (χ3n) is 2.61. The molecule has 0 saturated carbocycles. The van der Waals surface area contributed by atoms with Gasteiger partial charge in [-0.05, 0) is 19.3 Å². The Bertz CT molecular complexity index is 295. The van der Waals surface area contributed by atoms with Crippen molar-refractivity contribution in [2.24, 2.45) is 0 Å². The van der Waals surface area contributed by atoms with Crippen LogP contribution in [-0.4, -0.2) is 24.2 Å². The third kappa shape index (κ3) is 3.18. The highest BCUT2D eigenvalue weighted by molar-refractivity contribution is 7.13. The fraction of sp³-hybridized carbons (Fsp3) is 0.727. The smallest absolute Gasteiger partial charge is 0.183 e. The van der Waals surface area contributed by atoms with E-state index in [4.69, 9.17) is 4.74 Å². The quantitative estimate of drug-likeness (QED) is 0.857. The Morgan fingerprint density at radius 1 is 1.53 bits per heavy atom. The zero-order chi connectivity index (χ0) is 10.5. The molecule has 0 bridgehead atoms. The molecular formula is C11H18N2OS. The molecule has 0 unspecified atom stereocenters. The van der Waals surface area contributed by atoms with Gasteiger partial charge in [0.25, 0.3) is 0 Å². The highest BCUT2D eigenvalue weighted by atomic mass is 32.1. The summed E-state index contributed by atoms with van der Waals surface area (Å²) in [6.07, 6.45) is 4.46. The molecule has 2 rings (SSSR count). The minimum absolute atomic E-state index is 0.555. The van der Waals surface area contributed by atoms with Crippen molar-refractivity contribution >= 4 is 16.5 Å². The Morgan fingerprint density at radius 2 is 2.33 bits per heavy atom. The van der Waals surface area contributed by atoms with Crippen molar-refractivity contribution < 1.29 is 4.74 Å². The number of aromatic nitrogens is 1. The van der Waals surface area contributed by atoms with E-state index in [0.29, 0.717) is 6.04 Å². The van der Waals surface area contributed by atoms with Crippen LogP contribution in [-0.2, 0) is 11.2 Å². The van der Waals surface area contributed by atoms with Crippen molar-refractivity contribution in [2.75, 3.05) is 18.5 Å². The second-order valence-corrected chi connectivity index (χ2v) is 4.78. The number of ether oxygens (including phenoxy) is 1. The van der Waals surface area contributed by atoms with E-state index >= 15 is 0 Å². The van der Waals surface area contributed by atoms with Crippen molar-refractivity contribution in [3.63, 3.8) is 0 Å². The summed E-state index contributed by atoms with van der Waals surface area (Å²) in [6, 6.07) is 0.555. The van der Waals surface area contributed by atoms with Crippen LogP contribution in [0, 0.1) is 0 Å². The van der Waals surface area contributed by atoms with E-state index in [1.54, 1.807) is 11.3 Å². The minimum Gasteiger partial charge on any atom is -0.381 e. The molecule has 3 nitrogen and oxygen atoms in total. The molecule has 1 aromatic rings. The lowest BCUT2D eigenvalue weighted by molar-refractivity contribution is 0.0904. The maximum absolute atomic E-state index is 5.32. The number of hydrogen-bond acceptors (Lipinski definition) is 4. The maximum atomic E-state index is 5.32. The van der Waals surface area contributed by atoms with E-state index in [9.17, 15) is 0 Å². The molecule has 1 aromatic heterocycles. The first-order valence-electron chi connectivity index (χ1n) is 5.67. The van der Waals surface area contributed by atoms with Gasteiger partial charge in [0.15, 0.2) is 5.13 Å². The Balaban J connectivity index is 1.86. The molecule has 1 aliphatic rings. The predicted octanol–water partition coefficient (Wildman–Crippen LogP) is 2.69. The largest absolute Gasteiger partial charge is 0.381 e. The summed E-state index contributed by atoms with van der Waals surface area (Å²) in [7, 11) is 0. The van der Waals surface area contributed by atoms with E-state index < -0.39 is 0 Å². The molecule has 0 amide bonds. The number of rotatable bonds is 4. The van der Waals surface area contributed by atoms with Gasteiger partial charge in [-0.15, -0.1) is 11.3 Å². The van der Waals surface area contributed by atoms with Crippen LogP contribution in [0.3, 0.4) is 0 Å². The highest BCUT2D eigenvalue weighted by Gasteiger charge is 2.14. The van der Waals surface area contributed by atoms with Gasteiger partial charge in [-0.25, -0.2) is 4.98 Å². The fourth-order valence-corrected chi connectivity index (χ4v) is 2.58. The number of aryl methyl sites for hydroxylation is 1. The molecule has 15 heavy (non-hydrogen) atoms. The number of nitrogens with zero attached hydrogens (tertiary/aromatic N) is 1. The molecule has 0 spiro atoms. The molecule has 4 heteroatoms. The summed E-state index contributed by atoms with van der Waals surface area (Å²) in [4.78, 5) is 4.56. The Morgan fingerprint density at radius 3 is 3.07 bits per heavy atom. The molecule has 1 N–H and O–H groups in total. The lowest BCUT2D eigenvalue weighted by atomic mass is 10.1. The summed E-state index contributed by atoms with van der Waals surface area (Å²) < 4.78 is 5.32. The van der Waals surface area contributed by atoms with E-state index in [0.717, 1.165) is 37.6 Å². The van der Waals surface area contributed by atoms with Crippen LogP contribution < -0.4 is 5.32 Å². The van der Waals surface area contributed by atoms with Gasteiger partial charge < -0.3 is 10.1 Å². The lowest BCUT2D eigenvalue weighted by Gasteiger charge is -2.22. The van der Waals surface area contributed by atoms with Gasteiger partial charge in [0.1, 0.15) is 0 Å². The van der Waals surface area contributed by atoms with Crippen molar-refractivity contribution in [3.05, 3.63) is 11.1 Å². The van der Waals surface area contributed by atoms with Crippen molar-refractivity contribution in [3.8, 4) is 0 Å². The van der Waals surface area contributed by atoms with Gasteiger partial charge in [0.2, 0.25) is 0 Å². The van der Waals surface area contributed by atoms with E-state index in [2.05, 4.69) is 22.6 Å². The highest BCUT2D eigenvalue weighted by Crippen LogP contribution is 2.20. The normalized spacial score (nSPS) is 17.9. The number of hydrogen-bond donors (Lipinski definition) is 1. The zero-order valence-electron chi connectivity index (χ0n) is 9.16. The maximum Gasteiger partial charge on any atom is 0.183 e. The third-order valence-corrected chi connectivity index (χ3v) is 3.43. The molecule has 2 heterocycles. The SMILES string of the molecule is CCCc1csc(NC2CCOCC2)n1. The molecule has 1 fully saturated rings. The van der Waals surface area contributed by atoms with Gasteiger partial charge >= 0.3 is 0 Å². The summed E-state index contributed by atoms with van der Waals surface area (Å²) >= 11 is 1.72. The first-order chi connectivity index (χ1) is 7.38. The molecular weight excluding hydrogens is 208 g/mol. The predicted molar refractivity (Wildman–Crippen MR) is 63.6 cm³/mol. The lowest BCUT2D eigenvalue weighted by Crippen LogP contribution is -2.27. The Hall–Kier alpha value is -0.610. The van der Waals surface area contributed by atoms with E-state index in [-0.39, 0.29) is 0 Å². The van der Waals surface area contributed by atoms with Crippen LogP contribution in [0.15, 0.2) is 5.38 Å². The summed E-state index contributed by atoms with van der Waals surface area (Å²) in [5.74, 6) is 0. The summed E-state index contributed by atoms with van der Waals surface area (Å²) in [5.41, 5.74) is 1.22. The topological polar surface area (TPSA) is 34.1 Å². The first kappa shape index (κ1) is 10.9. The van der Waals surface area contributed by atoms with Crippen LogP contribution in [0.5, 0.6) is 0 Å². The average Bonchev–Trinajstić information content (AvgIpc) is 2.68. The molecule has 84 valence electrons. The van der Waals surface area contributed by atoms with Gasteiger partial charge in [-0.2, -0.15) is 0 Å². The molecule has 1 aliphatic heterocycles. The second-order valence-electron chi connectivity index (χ2n) is 3.92. The van der Waals surface area contributed by atoms with Gasteiger partial charge in [-0.3, -0.25) is 0 Å². The fourth-order valence-electron chi connectivity index (χ4n) is 1.76. The van der Waals surface area contributed by atoms with Crippen LogP contribution in [0.4, 0.5) is 5.13 Å². The summed E-state index contributed by atoms with van der Waals surface area (Å²) in [6.45, 7) is 3.95. The average molecular weight is 226 g/mol. The van der Waals surface area contributed by atoms with Gasteiger partial charge in [-0.1, -0.05) is 13.3 Å². The zero-order valence-corrected chi connectivity index (χ0v) is 9.98. The van der Waals surface area contributed by atoms with Crippen molar-refractivity contribution in [1.82, 2.24) is 4.98 Å². The van der Waals surface area contributed by atoms with Crippen molar-refractivity contribution in [1.29, 1.82) is 0 Å². The minimum atomic E-state index is 0.555. The molecule has 0 aromatic carbocycles. The molecule has 1 saturated heterocycles. The first-order valence-corrected chi connectivity index (χ1v) is 6.55. The second kappa shape index (κ2) is 5.47. The van der Waals surface area contributed by atoms with Gasteiger partial charge in [0, 0.05) is 24.6 Å². The van der Waals surface area contributed by atoms with E-state index in [1.807, 2.05) is 0 Å². The van der Waals surface area contributed by atoms with Gasteiger partial charge in [0.05, 0.1) is 5.69 Å². The number of nitrogens with one attached hydrogen (secondary N) is 1. The van der Waals surface area contributed by atoms with Crippen LogP contribution in [0.2, 0.25) is 0 Å². The van der Waals surface area contributed by atoms with Crippen LogP contribution in [0.25, 0.3) is 0 Å². The van der Waals surface area contributed by atoms with Crippen molar-refractivity contribution in [2.45, 2.75) is 38.6 Å². The van der Waals surface area contributed by atoms with E-state index in [1.165, 1.54) is 12.1 Å². The monoisotopic (exact) mass is 226 g/mol.